The van der Waals surface area contributed by atoms with Crippen LogP contribution in [0.15, 0.2) is 48.0 Å². The summed E-state index contributed by atoms with van der Waals surface area (Å²) in [6, 6.07) is 12.3. The molecule has 1 amide bonds. The lowest BCUT2D eigenvalue weighted by Crippen LogP contribution is -2.38. The number of pyridine rings is 1. The maximum Gasteiger partial charge on any atom is 0.216 e. The SMILES string of the molecule is CC(=O)NCCOc1ccc(-c2nc3ncc(Cl)c(NC4CCN(Cc5cccs5)CC4)c3[nH]2)cc1. The van der Waals surface area contributed by atoms with Crippen molar-refractivity contribution in [1.82, 2.24) is 25.2 Å². The molecule has 3 aromatic heterocycles. The number of aromatic nitrogens is 3. The first-order valence-electron chi connectivity index (χ1n) is 12.1. The van der Waals surface area contributed by atoms with E-state index in [0.717, 1.165) is 60.8 Å². The molecule has 0 spiro atoms. The van der Waals surface area contributed by atoms with Crippen molar-refractivity contribution in [1.29, 1.82) is 0 Å². The highest BCUT2D eigenvalue weighted by molar-refractivity contribution is 7.09. The number of amides is 1. The number of hydrogen-bond donors (Lipinski definition) is 3. The van der Waals surface area contributed by atoms with Gasteiger partial charge in [0.15, 0.2) is 5.65 Å². The molecule has 0 bridgehead atoms. The van der Waals surface area contributed by atoms with Gasteiger partial charge in [-0.15, -0.1) is 11.3 Å². The number of carbonyl (C=O) groups excluding carboxylic acids is 1. The van der Waals surface area contributed by atoms with Crippen LogP contribution in [0.1, 0.15) is 24.6 Å². The van der Waals surface area contributed by atoms with Gasteiger partial charge in [0.1, 0.15) is 23.7 Å². The van der Waals surface area contributed by atoms with Crippen LogP contribution in [-0.4, -0.2) is 58.0 Å². The molecule has 0 radical (unpaired) electrons. The van der Waals surface area contributed by atoms with E-state index in [0.29, 0.717) is 29.9 Å². The maximum atomic E-state index is 11.0. The van der Waals surface area contributed by atoms with Crippen LogP contribution in [0, 0.1) is 0 Å². The summed E-state index contributed by atoms with van der Waals surface area (Å²) in [5, 5.41) is 9.10. The summed E-state index contributed by atoms with van der Waals surface area (Å²) in [5.74, 6) is 1.38. The zero-order valence-electron chi connectivity index (χ0n) is 20.1. The van der Waals surface area contributed by atoms with Crippen LogP contribution >= 0.6 is 22.9 Å². The molecule has 1 aliphatic heterocycles. The molecule has 1 aromatic carbocycles. The number of imidazole rings is 1. The van der Waals surface area contributed by atoms with Crippen LogP contribution in [0.5, 0.6) is 5.75 Å². The van der Waals surface area contributed by atoms with Gasteiger partial charge in [-0.1, -0.05) is 17.7 Å². The second-order valence-electron chi connectivity index (χ2n) is 8.90. The molecule has 0 unspecified atom stereocenters. The number of piperidine rings is 1. The van der Waals surface area contributed by atoms with Crippen LogP contribution in [0.2, 0.25) is 5.02 Å². The second-order valence-corrected chi connectivity index (χ2v) is 10.3. The third-order valence-corrected chi connectivity index (χ3v) is 7.39. The van der Waals surface area contributed by atoms with Crippen LogP contribution in [-0.2, 0) is 11.3 Å². The highest BCUT2D eigenvalue weighted by atomic mass is 35.5. The summed E-state index contributed by atoms with van der Waals surface area (Å²) in [6.07, 6.45) is 3.76. The Morgan fingerprint density at radius 2 is 2.06 bits per heavy atom. The Kier molecular flexibility index (Phi) is 7.69. The predicted molar refractivity (Wildman–Crippen MR) is 145 cm³/mol. The van der Waals surface area contributed by atoms with Gasteiger partial charge in [0.05, 0.1) is 23.5 Å². The molecule has 1 fully saturated rings. The number of nitrogens with zero attached hydrogens (tertiary/aromatic N) is 3. The van der Waals surface area contributed by atoms with Crippen molar-refractivity contribution < 1.29 is 9.53 Å². The smallest absolute Gasteiger partial charge is 0.216 e. The van der Waals surface area contributed by atoms with Crippen molar-refractivity contribution in [2.75, 3.05) is 31.6 Å². The lowest BCUT2D eigenvalue weighted by Gasteiger charge is -2.32. The molecule has 8 nitrogen and oxygen atoms in total. The van der Waals surface area contributed by atoms with E-state index in [1.807, 2.05) is 35.6 Å². The van der Waals surface area contributed by atoms with Crippen molar-refractivity contribution in [3.63, 3.8) is 0 Å². The summed E-state index contributed by atoms with van der Waals surface area (Å²) >= 11 is 8.39. The Morgan fingerprint density at radius 1 is 1.25 bits per heavy atom. The monoisotopic (exact) mass is 524 g/mol. The first-order chi connectivity index (χ1) is 17.5. The molecule has 1 aliphatic rings. The van der Waals surface area contributed by atoms with E-state index in [4.69, 9.17) is 21.3 Å². The molecule has 0 atom stereocenters. The maximum absolute atomic E-state index is 11.0. The lowest BCUT2D eigenvalue weighted by molar-refractivity contribution is -0.119. The number of benzene rings is 1. The zero-order valence-corrected chi connectivity index (χ0v) is 21.7. The number of fused-ring (bicyclic) bond motifs is 1. The average molecular weight is 525 g/mol. The minimum absolute atomic E-state index is 0.0685. The lowest BCUT2D eigenvalue weighted by atomic mass is 10.0. The zero-order chi connectivity index (χ0) is 24.9. The predicted octanol–water partition coefficient (Wildman–Crippen LogP) is 4.93. The van der Waals surface area contributed by atoms with Gasteiger partial charge in [-0.05, 0) is 48.6 Å². The minimum Gasteiger partial charge on any atom is -0.492 e. The van der Waals surface area contributed by atoms with Crippen molar-refractivity contribution in [3.8, 4) is 17.1 Å². The Morgan fingerprint density at radius 3 is 2.78 bits per heavy atom. The molecule has 0 saturated carbocycles. The number of halogens is 1. The van der Waals surface area contributed by atoms with Crippen molar-refractivity contribution >= 4 is 45.7 Å². The van der Waals surface area contributed by atoms with E-state index in [1.54, 1.807) is 6.20 Å². The van der Waals surface area contributed by atoms with E-state index >= 15 is 0 Å². The van der Waals surface area contributed by atoms with Gasteiger partial charge in [-0.25, -0.2) is 9.97 Å². The molecule has 1 saturated heterocycles. The number of hydrogen-bond acceptors (Lipinski definition) is 7. The first-order valence-corrected chi connectivity index (χ1v) is 13.3. The first kappa shape index (κ1) is 24.5. The van der Waals surface area contributed by atoms with Gasteiger partial charge < -0.3 is 20.4 Å². The van der Waals surface area contributed by atoms with Crippen LogP contribution in [0.25, 0.3) is 22.6 Å². The Labute approximate surface area is 219 Å². The number of ether oxygens (including phenoxy) is 1. The van der Waals surface area contributed by atoms with E-state index in [2.05, 4.69) is 43.0 Å². The molecule has 5 rings (SSSR count). The van der Waals surface area contributed by atoms with Crippen molar-refractivity contribution in [2.24, 2.45) is 0 Å². The average Bonchev–Trinajstić information content (AvgIpc) is 3.55. The summed E-state index contributed by atoms with van der Waals surface area (Å²) < 4.78 is 5.67. The summed E-state index contributed by atoms with van der Waals surface area (Å²) in [5.41, 5.74) is 3.22. The number of nitrogens with one attached hydrogen (secondary N) is 3. The summed E-state index contributed by atoms with van der Waals surface area (Å²) in [7, 11) is 0. The fraction of sp³-hybridized carbons (Fsp3) is 0.346. The molecule has 0 aliphatic carbocycles. The second kappa shape index (κ2) is 11.3. The Balaban J connectivity index is 1.24. The van der Waals surface area contributed by atoms with E-state index in [9.17, 15) is 4.79 Å². The fourth-order valence-corrected chi connectivity index (χ4v) is 5.32. The van der Waals surface area contributed by atoms with Crippen LogP contribution in [0.4, 0.5) is 5.69 Å². The molecular formula is C26H29ClN6O2S. The highest BCUT2D eigenvalue weighted by Crippen LogP contribution is 2.32. The van der Waals surface area contributed by atoms with Gasteiger partial charge >= 0.3 is 0 Å². The van der Waals surface area contributed by atoms with E-state index in [-0.39, 0.29) is 5.91 Å². The molecule has 188 valence electrons. The van der Waals surface area contributed by atoms with Crippen LogP contribution < -0.4 is 15.4 Å². The van der Waals surface area contributed by atoms with E-state index in [1.165, 1.54) is 11.8 Å². The van der Waals surface area contributed by atoms with Crippen molar-refractivity contribution in [3.05, 3.63) is 57.9 Å². The fourth-order valence-electron chi connectivity index (χ4n) is 4.38. The quantitative estimate of drug-likeness (QED) is 0.269. The highest BCUT2D eigenvalue weighted by Gasteiger charge is 2.22. The molecule has 10 heteroatoms. The number of anilines is 1. The van der Waals surface area contributed by atoms with Crippen LogP contribution in [0.3, 0.4) is 0 Å². The molecule has 4 heterocycles. The number of aromatic amines is 1. The summed E-state index contributed by atoms with van der Waals surface area (Å²) in [4.78, 5) is 27.4. The van der Waals surface area contributed by atoms with Crippen molar-refractivity contribution in [2.45, 2.75) is 32.4 Å². The minimum atomic E-state index is -0.0685. The third kappa shape index (κ3) is 5.98. The molecule has 3 N–H and O–H groups in total. The standard InChI is InChI=1S/C26H29ClN6O2S/c1-17(34)28-10-13-35-20-6-4-18(5-7-20)25-31-24-23(22(27)15-29-26(24)32-25)30-19-8-11-33(12-9-19)16-21-3-2-14-36-21/h2-7,14-15,19H,8-13,16H2,1H3,(H,28,34)(H2,29,30,31,32). The Bertz CT molecular complexity index is 1300. The normalized spacial score (nSPS) is 14.7. The van der Waals surface area contributed by atoms with Gasteiger partial charge in [0.2, 0.25) is 5.91 Å². The number of likely N-dealkylation sites (tertiary alicyclic amines) is 1. The Hall–Kier alpha value is -3.14. The number of rotatable bonds is 9. The van der Waals surface area contributed by atoms with Gasteiger partial charge in [-0.3, -0.25) is 9.69 Å². The molecule has 36 heavy (non-hydrogen) atoms. The third-order valence-electron chi connectivity index (χ3n) is 6.24. The van der Waals surface area contributed by atoms with Gasteiger partial charge in [0, 0.05) is 43.0 Å². The van der Waals surface area contributed by atoms with Gasteiger partial charge in [-0.2, -0.15) is 0 Å². The van der Waals surface area contributed by atoms with E-state index < -0.39 is 0 Å². The summed E-state index contributed by atoms with van der Waals surface area (Å²) in [6.45, 7) is 5.49. The molecular weight excluding hydrogens is 496 g/mol. The topological polar surface area (TPSA) is 95.2 Å². The van der Waals surface area contributed by atoms with Gasteiger partial charge in [0.25, 0.3) is 0 Å². The number of thiophene rings is 1. The largest absolute Gasteiger partial charge is 0.492 e. The number of H-pyrrole nitrogens is 1. The number of carbonyl (C=O) groups is 1. The molecule has 4 aromatic rings.